The lowest BCUT2D eigenvalue weighted by molar-refractivity contribution is -0.384. The van der Waals surface area contributed by atoms with Gasteiger partial charge >= 0.3 is 6.03 Å². The Kier molecular flexibility index (Phi) is 4.54. The summed E-state index contributed by atoms with van der Waals surface area (Å²) in [4.78, 5) is 23.7. The third-order valence-corrected chi connectivity index (χ3v) is 3.47. The van der Waals surface area contributed by atoms with Gasteiger partial charge in [0.05, 0.1) is 17.1 Å². The van der Waals surface area contributed by atoms with Crippen LogP contribution in [0.2, 0.25) is 0 Å². The highest BCUT2D eigenvalue weighted by atomic mass is 16.6. The van der Waals surface area contributed by atoms with Crippen molar-refractivity contribution in [3.05, 3.63) is 34.4 Å². The van der Waals surface area contributed by atoms with Crippen LogP contribution in [0.4, 0.5) is 16.2 Å². The number of hydrogen-bond donors (Lipinski definition) is 1. The maximum Gasteiger partial charge on any atom is 0.324 e. The molecule has 112 valence electrons. The first kappa shape index (κ1) is 15.3. The van der Waals surface area contributed by atoms with Gasteiger partial charge < -0.3 is 5.32 Å². The molecule has 0 aromatic heterocycles. The van der Waals surface area contributed by atoms with Crippen molar-refractivity contribution in [3.63, 3.8) is 0 Å². The number of nitrogens with one attached hydrogen (secondary N) is 1. The highest BCUT2D eigenvalue weighted by Gasteiger charge is 2.34. The second-order valence-electron chi connectivity index (χ2n) is 4.87. The largest absolute Gasteiger partial charge is 0.324 e. The zero-order chi connectivity index (χ0) is 16.1. The van der Waals surface area contributed by atoms with Crippen LogP contribution in [0.25, 0.3) is 0 Å². The highest BCUT2D eigenvalue weighted by Crippen LogP contribution is 2.24. The molecule has 1 aliphatic rings. The van der Waals surface area contributed by atoms with Gasteiger partial charge in [-0.25, -0.2) is 4.79 Å². The Bertz CT molecular complexity index is 654. The normalized spacial score (nSPS) is 20.5. The fourth-order valence-corrected chi connectivity index (χ4v) is 2.42. The standard InChI is InChI=1S/C14H13N5O3/c15-8-12-5-2-6-13(9-16)18(12)14(20)17-10-3-1-4-11(7-10)19(21)22/h1,3-4,7,12-13H,2,5-6H2,(H,17,20). The monoisotopic (exact) mass is 299 g/mol. The number of nitro benzene ring substituents is 1. The predicted molar refractivity (Wildman–Crippen MR) is 76.6 cm³/mol. The Morgan fingerprint density at radius 1 is 1.32 bits per heavy atom. The first-order valence-electron chi connectivity index (χ1n) is 6.70. The minimum Gasteiger partial charge on any atom is -0.308 e. The number of hydrogen-bond acceptors (Lipinski definition) is 5. The average Bonchev–Trinajstić information content (AvgIpc) is 2.54. The molecule has 0 saturated carbocycles. The lowest BCUT2D eigenvalue weighted by atomic mass is 9.97. The van der Waals surface area contributed by atoms with E-state index in [1.165, 1.54) is 29.2 Å². The quantitative estimate of drug-likeness (QED) is 0.663. The third kappa shape index (κ3) is 3.13. The Balaban J connectivity index is 2.20. The van der Waals surface area contributed by atoms with Crippen molar-refractivity contribution < 1.29 is 9.72 Å². The predicted octanol–water partition coefficient (Wildman–Crippen LogP) is 2.40. The first-order chi connectivity index (χ1) is 10.6. The molecule has 1 heterocycles. The number of nitro groups is 1. The number of non-ortho nitro benzene ring substituents is 1. The van der Waals surface area contributed by atoms with E-state index in [0.717, 1.165) is 0 Å². The van der Waals surface area contributed by atoms with Crippen LogP contribution in [0, 0.1) is 32.8 Å². The third-order valence-electron chi connectivity index (χ3n) is 3.47. The van der Waals surface area contributed by atoms with E-state index in [0.29, 0.717) is 19.3 Å². The van der Waals surface area contributed by atoms with E-state index in [1.54, 1.807) is 0 Å². The Labute approximate surface area is 126 Å². The number of rotatable bonds is 2. The molecular weight excluding hydrogens is 286 g/mol. The lowest BCUT2D eigenvalue weighted by Gasteiger charge is -2.35. The van der Waals surface area contributed by atoms with Crippen molar-refractivity contribution in [2.75, 3.05) is 5.32 Å². The number of carbonyl (C=O) groups excluding carboxylic acids is 1. The maximum atomic E-state index is 12.3. The molecule has 22 heavy (non-hydrogen) atoms. The molecule has 1 N–H and O–H groups in total. The molecule has 1 fully saturated rings. The number of piperidine rings is 1. The minimum absolute atomic E-state index is 0.148. The van der Waals surface area contributed by atoms with Crippen molar-refractivity contribution >= 4 is 17.4 Å². The molecule has 0 radical (unpaired) electrons. The second-order valence-corrected chi connectivity index (χ2v) is 4.87. The lowest BCUT2D eigenvalue weighted by Crippen LogP contribution is -2.50. The van der Waals surface area contributed by atoms with E-state index >= 15 is 0 Å². The van der Waals surface area contributed by atoms with Crippen molar-refractivity contribution in [3.8, 4) is 12.1 Å². The molecule has 8 nitrogen and oxygen atoms in total. The number of likely N-dealkylation sites (tertiary alicyclic amines) is 1. The average molecular weight is 299 g/mol. The molecule has 0 bridgehead atoms. The maximum absolute atomic E-state index is 12.3. The van der Waals surface area contributed by atoms with Crippen molar-refractivity contribution in [2.45, 2.75) is 31.3 Å². The molecule has 2 unspecified atom stereocenters. The van der Waals surface area contributed by atoms with Gasteiger partial charge in [-0.1, -0.05) is 6.07 Å². The summed E-state index contributed by atoms with van der Waals surface area (Å²) in [5.74, 6) is 0. The highest BCUT2D eigenvalue weighted by molar-refractivity contribution is 5.90. The van der Waals surface area contributed by atoms with Crippen LogP contribution in [-0.2, 0) is 0 Å². The van der Waals surface area contributed by atoms with Gasteiger partial charge in [-0.3, -0.25) is 15.0 Å². The van der Waals surface area contributed by atoms with Gasteiger partial charge in [-0.15, -0.1) is 0 Å². The van der Waals surface area contributed by atoms with E-state index in [2.05, 4.69) is 5.32 Å². The summed E-state index contributed by atoms with van der Waals surface area (Å²) in [6.45, 7) is 0. The Hall–Kier alpha value is -3.13. The molecule has 1 saturated heterocycles. The zero-order valence-corrected chi connectivity index (χ0v) is 11.6. The summed E-state index contributed by atoms with van der Waals surface area (Å²) in [6.07, 6.45) is 1.73. The van der Waals surface area contributed by atoms with Crippen LogP contribution < -0.4 is 5.32 Å². The van der Waals surface area contributed by atoms with Gasteiger partial charge in [-0.05, 0) is 25.3 Å². The molecule has 2 rings (SSSR count). The molecule has 1 aromatic rings. The fourth-order valence-electron chi connectivity index (χ4n) is 2.42. The molecule has 8 heteroatoms. The number of benzene rings is 1. The summed E-state index contributed by atoms with van der Waals surface area (Å²) in [7, 11) is 0. The fraction of sp³-hybridized carbons (Fsp3) is 0.357. The van der Waals surface area contributed by atoms with E-state index < -0.39 is 23.0 Å². The number of urea groups is 1. The van der Waals surface area contributed by atoms with Gasteiger partial charge in [0, 0.05) is 17.8 Å². The second kappa shape index (κ2) is 6.55. The smallest absolute Gasteiger partial charge is 0.308 e. The molecular formula is C14H13N5O3. The Morgan fingerprint density at radius 2 is 1.95 bits per heavy atom. The number of nitriles is 2. The number of nitrogens with zero attached hydrogens (tertiary/aromatic N) is 4. The Morgan fingerprint density at radius 3 is 2.50 bits per heavy atom. The number of carbonyl (C=O) groups is 1. The van der Waals surface area contributed by atoms with Crippen LogP contribution in [0.5, 0.6) is 0 Å². The van der Waals surface area contributed by atoms with E-state index in [1.807, 2.05) is 12.1 Å². The first-order valence-corrected chi connectivity index (χ1v) is 6.70. The number of amides is 2. The van der Waals surface area contributed by atoms with Crippen LogP contribution in [0.1, 0.15) is 19.3 Å². The van der Waals surface area contributed by atoms with Crippen molar-refractivity contribution in [1.29, 1.82) is 10.5 Å². The molecule has 0 spiro atoms. The van der Waals surface area contributed by atoms with Crippen LogP contribution >= 0.6 is 0 Å². The van der Waals surface area contributed by atoms with E-state index in [4.69, 9.17) is 10.5 Å². The topological polar surface area (TPSA) is 123 Å². The van der Waals surface area contributed by atoms with Gasteiger partial charge in [0.15, 0.2) is 0 Å². The van der Waals surface area contributed by atoms with E-state index in [9.17, 15) is 14.9 Å². The van der Waals surface area contributed by atoms with Crippen LogP contribution in [0.15, 0.2) is 24.3 Å². The zero-order valence-electron chi connectivity index (χ0n) is 11.6. The molecule has 2 atom stereocenters. The summed E-state index contributed by atoms with van der Waals surface area (Å²) in [5.41, 5.74) is 0.100. The SMILES string of the molecule is N#CC1CCCC(C#N)N1C(=O)Nc1cccc([N+](=O)[O-])c1. The summed E-state index contributed by atoms with van der Waals surface area (Å²) in [5, 5.41) is 31.5. The van der Waals surface area contributed by atoms with E-state index in [-0.39, 0.29) is 11.4 Å². The van der Waals surface area contributed by atoms with Crippen molar-refractivity contribution in [2.24, 2.45) is 0 Å². The van der Waals surface area contributed by atoms with Crippen LogP contribution in [-0.4, -0.2) is 27.9 Å². The number of anilines is 1. The summed E-state index contributed by atoms with van der Waals surface area (Å²) < 4.78 is 0. The van der Waals surface area contributed by atoms with Crippen LogP contribution in [0.3, 0.4) is 0 Å². The van der Waals surface area contributed by atoms with Gasteiger partial charge in [-0.2, -0.15) is 10.5 Å². The van der Waals surface area contributed by atoms with Gasteiger partial charge in [0.2, 0.25) is 0 Å². The van der Waals surface area contributed by atoms with Gasteiger partial charge in [0.25, 0.3) is 5.69 Å². The summed E-state index contributed by atoms with van der Waals surface area (Å²) >= 11 is 0. The summed E-state index contributed by atoms with van der Waals surface area (Å²) in [6, 6.07) is 7.61. The van der Waals surface area contributed by atoms with Gasteiger partial charge in [0.1, 0.15) is 12.1 Å². The molecule has 1 aliphatic heterocycles. The van der Waals surface area contributed by atoms with Crippen molar-refractivity contribution in [1.82, 2.24) is 4.90 Å². The molecule has 2 amide bonds. The molecule has 0 aliphatic carbocycles. The minimum atomic E-state index is -0.669. The molecule has 1 aromatic carbocycles.